The standard InChI is InChI=1S/C29H37N5O3/c1-3-37-29(36)32-17-15-24(16-18-32)34-28(35)33(23-12-10-22(30)11-13-23)26-19-20(2)9-14-25(26)27(31-34)21-7-5-4-6-8-21/h9-14,19,21,24H,3-8,15-18,30H2,1-2H3. The Bertz CT molecular complexity index is 1160. The molecular weight excluding hydrogens is 466 g/mol. The van der Waals surface area contributed by atoms with Crippen molar-refractivity contribution in [3.8, 4) is 0 Å². The fourth-order valence-corrected chi connectivity index (χ4v) is 5.76. The van der Waals surface area contributed by atoms with Crippen LogP contribution in [-0.4, -0.2) is 53.5 Å². The second kappa shape index (κ2) is 10.8. The van der Waals surface area contributed by atoms with Crippen molar-refractivity contribution in [2.75, 3.05) is 30.3 Å². The van der Waals surface area contributed by atoms with Crippen molar-refractivity contribution in [1.29, 1.82) is 0 Å². The van der Waals surface area contributed by atoms with E-state index in [1.54, 1.807) is 14.8 Å². The summed E-state index contributed by atoms with van der Waals surface area (Å²) in [5, 5.41) is 6.88. The summed E-state index contributed by atoms with van der Waals surface area (Å²) in [5.41, 5.74) is 11.4. The molecule has 0 atom stereocenters. The summed E-state index contributed by atoms with van der Waals surface area (Å²) >= 11 is 0. The molecule has 0 radical (unpaired) electrons. The third-order valence-corrected chi connectivity index (χ3v) is 7.75. The van der Waals surface area contributed by atoms with Crippen molar-refractivity contribution in [3.05, 3.63) is 53.6 Å². The second-order valence-electron chi connectivity index (χ2n) is 10.3. The Kier molecular flexibility index (Phi) is 7.35. The van der Waals surface area contributed by atoms with Crippen LogP contribution in [0, 0.1) is 12.8 Å². The number of benzene rings is 2. The van der Waals surface area contributed by atoms with Gasteiger partial charge in [0.2, 0.25) is 0 Å². The summed E-state index contributed by atoms with van der Waals surface area (Å²) in [4.78, 5) is 30.2. The third kappa shape index (κ3) is 5.15. The monoisotopic (exact) mass is 503 g/mol. The third-order valence-electron chi connectivity index (χ3n) is 7.75. The van der Waals surface area contributed by atoms with Gasteiger partial charge in [-0.25, -0.2) is 14.6 Å². The van der Waals surface area contributed by atoms with E-state index in [1.807, 2.05) is 31.2 Å². The van der Waals surface area contributed by atoms with Gasteiger partial charge in [0.15, 0.2) is 0 Å². The molecule has 0 unspecified atom stereocenters. The van der Waals surface area contributed by atoms with Crippen molar-refractivity contribution in [1.82, 2.24) is 9.91 Å². The van der Waals surface area contributed by atoms with Crippen LogP contribution in [0.3, 0.4) is 0 Å². The summed E-state index contributed by atoms with van der Waals surface area (Å²) in [6, 6.07) is 13.5. The van der Waals surface area contributed by atoms with E-state index in [4.69, 9.17) is 15.6 Å². The van der Waals surface area contributed by atoms with Gasteiger partial charge in [0.05, 0.1) is 29.7 Å². The van der Waals surface area contributed by atoms with Gasteiger partial charge in [-0.15, -0.1) is 0 Å². The lowest BCUT2D eigenvalue weighted by Crippen LogP contribution is -2.49. The SMILES string of the molecule is CCOC(=O)N1CCC(N2N=C(C3CCCCC3)c3ccc(C)cc3N(c3ccc(N)cc3)C2=O)CC1. The number of carbonyl (C=O) groups is 2. The Labute approximate surface area is 219 Å². The number of carbonyl (C=O) groups excluding carboxylic acids is 2. The normalized spacial score (nSPS) is 19.4. The fraction of sp³-hybridized carbons (Fsp3) is 0.483. The summed E-state index contributed by atoms with van der Waals surface area (Å²) in [6.07, 6.45) is 6.78. The number of fused-ring (bicyclic) bond motifs is 1. The number of likely N-dealkylation sites (tertiary alicyclic amines) is 1. The highest BCUT2D eigenvalue weighted by molar-refractivity contribution is 6.14. The smallest absolute Gasteiger partial charge is 0.409 e. The molecule has 2 N–H and O–H groups in total. The van der Waals surface area contributed by atoms with Crippen LogP contribution in [0.15, 0.2) is 47.6 Å². The molecule has 8 heteroatoms. The molecule has 3 aliphatic rings. The predicted molar refractivity (Wildman–Crippen MR) is 146 cm³/mol. The first kappa shape index (κ1) is 25.1. The van der Waals surface area contributed by atoms with Gasteiger partial charge in [-0.2, -0.15) is 5.10 Å². The number of hydrogen-bond acceptors (Lipinski definition) is 5. The van der Waals surface area contributed by atoms with Crippen molar-refractivity contribution in [2.24, 2.45) is 11.0 Å². The van der Waals surface area contributed by atoms with E-state index in [0.717, 1.165) is 41.1 Å². The molecule has 196 valence electrons. The number of hydrazone groups is 1. The zero-order chi connectivity index (χ0) is 25.9. The molecule has 1 aliphatic carbocycles. The number of nitrogens with two attached hydrogens (primary N) is 1. The molecule has 2 aromatic rings. The molecule has 1 saturated carbocycles. The average Bonchev–Trinajstić information content (AvgIpc) is 3.04. The minimum Gasteiger partial charge on any atom is -0.450 e. The van der Waals surface area contributed by atoms with Crippen molar-refractivity contribution < 1.29 is 14.3 Å². The van der Waals surface area contributed by atoms with Crippen molar-refractivity contribution >= 4 is 34.9 Å². The molecule has 0 bridgehead atoms. The number of urea groups is 1. The summed E-state index contributed by atoms with van der Waals surface area (Å²) < 4.78 is 5.20. The first-order valence-electron chi connectivity index (χ1n) is 13.6. The molecule has 1 saturated heterocycles. The second-order valence-corrected chi connectivity index (χ2v) is 10.3. The number of ether oxygens (including phenoxy) is 1. The van der Waals surface area contributed by atoms with Crippen LogP contribution in [0.5, 0.6) is 0 Å². The van der Waals surface area contributed by atoms with Gasteiger partial charge in [0.25, 0.3) is 0 Å². The van der Waals surface area contributed by atoms with E-state index >= 15 is 0 Å². The highest BCUT2D eigenvalue weighted by Crippen LogP contribution is 2.39. The molecular formula is C29H37N5O3. The number of piperidine rings is 1. The molecule has 8 nitrogen and oxygen atoms in total. The van der Waals surface area contributed by atoms with Gasteiger partial charge in [0, 0.05) is 30.3 Å². The van der Waals surface area contributed by atoms with Crippen LogP contribution in [0.25, 0.3) is 0 Å². The van der Waals surface area contributed by atoms with Crippen LogP contribution in [-0.2, 0) is 4.74 Å². The number of nitrogen functional groups attached to an aromatic ring is 1. The summed E-state index contributed by atoms with van der Waals surface area (Å²) in [5.74, 6) is 0.316. The first-order valence-corrected chi connectivity index (χ1v) is 13.6. The predicted octanol–water partition coefficient (Wildman–Crippen LogP) is 6.06. The number of amides is 3. The number of aryl methyl sites for hydroxylation is 1. The average molecular weight is 504 g/mol. The topological polar surface area (TPSA) is 91.5 Å². The molecule has 2 aromatic carbocycles. The molecule has 37 heavy (non-hydrogen) atoms. The van der Waals surface area contributed by atoms with Gasteiger partial charge in [0.1, 0.15) is 0 Å². The van der Waals surface area contributed by atoms with E-state index in [2.05, 4.69) is 25.1 Å². The number of hydrogen-bond donors (Lipinski definition) is 1. The van der Waals surface area contributed by atoms with E-state index in [1.165, 1.54) is 19.3 Å². The quantitative estimate of drug-likeness (QED) is 0.514. The Morgan fingerprint density at radius 1 is 1.03 bits per heavy atom. The number of anilines is 3. The van der Waals surface area contributed by atoms with Crippen molar-refractivity contribution in [3.63, 3.8) is 0 Å². The molecule has 0 aromatic heterocycles. The zero-order valence-corrected chi connectivity index (χ0v) is 21.9. The molecule has 3 amide bonds. The first-order chi connectivity index (χ1) is 18.0. The molecule has 2 fully saturated rings. The van der Waals surface area contributed by atoms with E-state index in [0.29, 0.717) is 44.1 Å². The van der Waals surface area contributed by atoms with E-state index in [9.17, 15) is 9.59 Å². The maximum absolute atomic E-state index is 14.4. The van der Waals surface area contributed by atoms with Gasteiger partial charge >= 0.3 is 12.1 Å². The van der Waals surface area contributed by atoms with Crippen LogP contribution in [0.4, 0.5) is 26.7 Å². The maximum atomic E-state index is 14.4. The molecule has 5 rings (SSSR count). The van der Waals surface area contributed by atoms with Crippen LogP contribution in [0.1, 0.15) is 63.0 Å². The van der Waals surface area contributed by atoms with Crippen LogP contribution < -0.4 is 10.6 Å². The minimum atomic E-state index is -0.291. The fourth-order valence-electron chi connectivity index (χ4n) is 5.76. The van der Waals surface area contributed by atoms with Crippen molar-refractivity contribution in [2.45, 2.75) is 64.8 Å². The largest absolute Gasteiger partial charge is 0.450 e. The number of nitrogens with zero attached hydrogens (tertiary/aromatic N) is 4. The lowest BCUT2D eigenvalue weighted by Gasteiger charge is -2.37. The Morgan fingerprint density at radius 3 is 2.41 bits per heavy atom. The van der Waals surface area contributed by atoms with E-state index < -0.39 is 0 Å². The van der Waals surface area contributed by atoms with Crippen LogP contribution in [0.2, 0.25) is 0 Å². The van der Waals surface area contributed by atoms with Gasteiger partial charge in [-0.05, 0) is 75.4 Å². The number of rotatable bonds is 4. The Morgan fingerprint density at radius 2 is 1.73 bits per heavy atom. The minimum absolute atomic E-state index is 0.108. The lowest BCUT2D eigenvalue weighted by atomic mass is 9.82. The highest BCUT2D eigenvalue weighted by Gasteiger charge is 2.38. The molecule has 2 heterocycles. The lowest BCUT2D eigenvalue weighted by molar-refractivity contribution is 0.0829. The van der Waals surface area contributed by atoms with E-state index in [-0.39, 0.29) is 18.2 Å². The summed E-state index contributed by atoms with van der Waals surface area (Å²) in [6.45, 7) is 5.29. The Balaban J connectivity index is 1.56. The highest BCUT2D eigenvalue weighted by atomic mass is 16.6. The zero-order valence-electron chi connectivity index (χ0n) is 21.9. The molecule has 0 spiro atoms. The van der Waals surface area contributed by atoms with Gasteiger partial charge in [-0.3, -0.25) is 4.90 Å². The van der Waals surface area contributed by atoms with Gasteiger partial charge < -0.3 is 15.4 Å². The molecule has 2 aliphatic heterocycles. The summed E-state index contributed by atoms with van der Waals surface area (Å²) in [7, 11) is 0. The maximum Gasteiger partial charge on any atom is 0.409 e. The van der Waals surface area contributed by atoms with Crippen LogP contribution >= 0.6 is 0 Å². The Hall–Kier alpha value is -3.55. The van der Waals surface area contributed by atoms with Gasteiger partial charge in [-0.1, -0.05) is 31.4 Å².